The Morgan fingerprint density at radius 3 is 2.68 bits per heavy atom. The van der Waals surface area contributed by atoms with Crippen LogP contribution >= 0.6 is 11.8 Å². The van der Waals surface area contributed by atoms with E-state index in [-0.39, 0.29) is 11.3 Å². The predicted octanol–water partition coefficient (Wildman–Crippen LogP) is 0.857. The van der Waals surface area contributed by atoms with Gasteiger partial charge >= 0.3 is 5.97 Å². The van der Waals surface area contributed by atoms with Crippen molar-refractivity contribution in [2.45, 2.75) is 43.8 Å². The van der Waals surface area contributed by atoms with E-state index in [4.69, 9.17) is 0 Å². The van der Waals surface area contributed by atoms with E-state index in [1.54, 1.807) is 0 Å². The number of aryl methyl sites for hydroxylation is 1. The fourth-order valence-corrected chi connectivity index (χ4v) is 4.58. The molecule has 1 atom stereocenters. The van der Waals surface area contributed by atoms with Crippen molar-refractivity contribution < 1.29 is 14.7 Å². The third-order valence-electron chi connectivity index (χ3n) is 5.38. The summed E-state index contributed by atoms with van der Waals surface area (Å²) in [5.41, 5.74) is 0.0432. The molecule has 3 rings (SSSR count). The Hall–Kier alpha value is -1.61. The highest BCUT2D eigenvalue weighted by atomic mass is 32.2. The van der Waals surface area contributed by atoms with Crippen LogP contribution in [0.25, 0.3) is 0 Å². The number of carbonyl (C=O) groups is 2. The van der Waals surface area contributed by atoms with Crippen LogP contribution in [0.15, 0.2) is 5.16 Å². The molecule has 3 heterocycles. The van der Waals surface area contributed by atoms with Crippen LogP contribution in [0.1, 0.15) is 32.0 Å². The van der Waals surface area contributed by atoms with Crippen molar-refractivity contribution in [1.29, 1.82) is 0 Å². The number of rotatable bonds is 5. The average molecular weight is 367 g/mol. The smallest absolute Gasteiger partial charge is 0.320 e. The fraction of sp³-hybridized carbons (Fsp3) is 0.750. The van der Waals surface area contributed by atoms with Gasteiger partial charge in [0.15, 0.2) is 0 Å². The van der Waals surface area contributed by atoms with Crippen molar-refractivity contribution in [3.05, 3.63) is 5.82 Å². The number of carbonyl (C=O) groups excluding carboxylic acids is 1. The fourth-order valence-electron chi connectivity index (χ4n) is 3.86. The van der Waals surface area contributed by atoms with Gasteiger partial charge < -0.3 is 10.0 Å². The second-order valence-electron chi connectivity index (χ2n) is 7.06. The molecular formula is C16H25N5O3S. The number of likely N-dealkylation sites (N-methyl/N-ethyl adjacent to an activating group) is 1. The van der Waals surface area contributed by atoms with Crippen LogP contribution in [0.3, 0.4) is 0 Å². The number of amides is 1. The Balaban J connectivity index is 1.48. The molecule has 0 aliphatic carbocycles. The lowest BCUT2D eigenvalue weighted by atomic mass is 9.76. The van der Waals surface area contributed by atoms with Gasteiger partial charge in [0.25, 0.3) is 0 Å². The first-order valence-corrected chi connectivity index (χ1v) is 9.66. The highest BCUT2D eigenvalue weighted by Crippen LogP contribution is 2.42. The van der Waals surface area contributed by atoms with Crippen LogP contribution in [0.5, 0.6) is 0 Å². The highest BCUT2D eigenvalue weighted by molar-refractivity contribution is 7.99. The Morgan fingerprint density at radius 1 is 1.40 bits per heavy atom. The van der Waals surface area contributed by atoms with E-state index in [0.717, 1.165) is 31.6 Å². The first-order chi connectivity index (χ1) is 11.9. The van der Waals surface area contributed by atoms with Crippen molar-refractivity contribution in [1.82, 2.24) is 25.0 Å². The minimum absolute atomic E-state index is 0.0432. The quantitative estimate of drug-likeness (QED) is 0.744. The third-order valence-corrected chi connectivity index (χ3v) is 6.21. The van der Waals surface area contributed by atoms with Crippen molar-refractivity contribution in [3.8, 4) is 0 Å². The summed E-state index contributed by atoms with van der Waals surface area (Å²) in [6.45, 7) is 4.21. The maximum atomic E-state index is 12.4. The number of piperidine rings is 1. The minimum Gasteiger partial charge on any atom is -0.480 e. The monoisotopic (exact) mass is 367 g/mol. The molecule has 2 aliphatic heterocycles. The largest absolute Gasteiger partial charge is 0.480 e. The van der Waals surface area contributed by atoms with Gasteiger partial charge in [0.05, 0.1) is 5.75 Å². The molecule has 25 heavy (non-hydrogen) atoms. The summed E-state index contributed by atoms with van der Waals surface area (Å²) in [6.07, 6.45) is 3.23. The maximum absolute atomic E-state index is 12.4. The molecule has 2 N–H and O–H groups in total. The van der Waals surface area contributed by atoms with Gasteiger partial charge in [0, 0.05) is 26.1 Å². The second-order valence-corrected chi connectivity index (χ2v) is 8.00. The van der Waals surface area contributed by atoms with E-state index in [1.807, 2.05) is 23.8 Å². The van der Waals surface area contributed by atoms with Gasteiger partial charge in [0.1, 0.15) is 11.9 Å². The van der Waals surface area contributed by atoms with Crippen LogP contribution in [0, 0.1) is 5.41 Å². The number of hydrogen-bond donors (Lipinski definition) is 2. The summed E-state index contributed by atoms with van der Waals surface area (Å²) >= 11 is 1.36. The van der Waals surface area contributed by atoms with Crippen molar-refractivity contribution >= 4 is 23.6 Å². The van der Waals surface area contributed by atoms with Gasteiger partial charge in [0.2, 0.25) is 11.1 Å². The molecule has 9 heteroatoms. The number of carboxylic acids is 1. The molecule has 2 saturated heterocycles. The summed E-state index contributed by atoms with van der Waals surface area (Å²) in [4.78, 5) is 31.9. The Bertz CT molecular complexity index is 641. The van der Waals surface area contributed by atoms with Crippen LogP contribution in [-0.4, -0.2) is 80.4 Å². The first-order valence-electron chi connectivity index (χ1n) is 8.67. The number of likely N-dealkylation sites (tertiary alicyclic amines) is 2. The molecule has 138 valence electrons. The number of hydrogen-bond acceptors (Lipinski definition) is 6. The first kappa shape index (κ1) is 18.2. The third kappa shape index (κ3) is 3.98. The lowest BCUT2D eigenvalue weighted by molar-refractivity contribution is -0.142. The van der Waals surface area contributed by atoms with E-state index >= 15 is 0 Å². The van der Waals surface area contributed by atoms with E-state index in [2.05, 4.69) is 15.2 Å². The van der Waals surface area contributed by atoms with Crippen molar-refractivity contribution in [2.75, 3.05) is 32.4 Å². The van der Waals surface area contributed by atoms with E-state index in [0.29, 0.717) is 30.4 Å². The molecule has 0 radical (unpaired) electrons. The van der Waals surface area contributed by atoms with Gasteiger partial charge in [-0.25, -0.2) is 4.98 Å². The normalized spacial score (nSPS) is 23.3. The molecule has 2 aliphatic rings. The number of nitrogens with zero attached hydrogens (tertiary/aromatic N) is 4. The molecule has 2 fully saturated rings. The topological polar surface area (TPSA) is 102 Å². The summed E-state index contributed by atoms with van der Waals surface area (Å²) in [7, 11) is 1.88. The molecule has 0 unspecified atom stereocenters. The Morgan fingerprint density at radius 2 is 2.12 bits per heavy atom. The molecule has 8 nitrogen and oxygen atoms in total. The zero-order valence-electron chi connectivity index (χ0n) is 14.7. The maximum Gasteiger partial charge on any atom is 0.320 e. The predicted molar refractivity (Wildman–Crippen MR) is 93.4 cm³/mol. The van der Waals surface area contributed by atoms with Gasteiger partial charge in [-0.1, -0.05) is 18.7 Å². The van der Waals surface area contributed by atoms with Gasteiger partial charge in [-0.05, 0) is 31.7 Å². The summed E-state index contributed by atoms with van der Waals surface area (Å²) < 4.78 is 0. The molecule has 0 aromatic carbocycles. The molecule has 1 amide bonds. The van der Waals surface area contributed by atoms with Gasteiger partial charge in [-0.3, -0.25) is 19.6 Å². The number of carboxylic acid groups (broad SMARTS) is 1. The van der Waals surface area contributed by atoms with E-state index in [9.17, 15) is 14.7 Å². The van der Waals surface area contributed by atoms with Crippen LogP contribution in [-0.2, 0) is 16.0 Å². The summed E-state index contributed by atoms with van der Waals surface area (Å²) in [6, 6.07) is -0.392. The number of aliphatic carboxylic acids is 1. The summed E-state index contributed by atoms with van der Waals surface area (Å²) in [5, 5.41) is 16.9. The molecule has 1 aromatic rings. The van der Waals surface area contributed by atoms with Crippen molar-refractivity contribution in [2.24, 2.45) is 5.41 Å². The number of thioether (sulfide) groups is 1. The standard InChI is InChI=1S/C16H25N5O3S/c1-3-12-17-15(19-18-12)25-9-13(22)21-6-4-16(5-7-21)8-11(14(23)24)20(2)10-16/h11H,3-10H2,1-2H3,(H,23,24)(H,17,18,19)/t11-/m1/s1. The number of H-pyrrole nitrogens is 1. The number of nitrogens with one attached hydrogen (secondary N) is 1. The van der Waals surface area contributed by atoms with Crippen molar-refractivity contribution in [3.63, 3.8) is 0 Å². The number of aromatic amines is 1. The average Bonchev–Trinajstić information content (AvgIpc) is 3.18. The molecule has 1 aromatic heterocycles. The van der Waals surface area contributed by atoms with Crippen LogP contribution in [0.2, 0.25) is 0 Å². The Kier molecular flexibility index (Phi) is 5.33. The SMILES string of the molecule is CCc1nc(SCC(=O)N2CCC3(CC2)C[C@H](C(=O)O)N(C)C3)n[nH]1. The highest BCUT2D eigenvalue weighted by Gasteiger charge is 2.47. The Labute approximate surface area is 151 Å². The van der Waals surface area contributed by atoms with Gasteiger partial charge in [-0.2, -0.15) is 0 Å². The molecule has 0 bridgehead atoms. The van der Waals surface area contributed by atoms with Crippen LogP contribution in [0.4, 0.5) is 0 Å². The minimum atomic E-state index is -0.743. The lowest BCUT2D eigenvalue weighted by Crippen LogP contribution is -2.44. The second kappa shape index (κ2) is 7.33. The summed E-state index contributed by atoms with van der Waals surface area (Å²) in [5.74, 6) is 0.523. The van der Waals surface area contributed by atoms with E-state index < -0.39 is 12.0 Å². The van der Waals surface area contributed by atoms with Crippen LogP contribution < -0.4 is 0 Å². The zero-order valence-corrected chi connectivity index (χ0v) is 15.5. The van der Waals surface area contributed by atoms with Gasteiger partial charge in [-0.15, -0.1) is 5.10 Å². The molecular weight excluding hydrogens is 342 g/mol. The zero-order chi connectivity index (χ0) is 18.0. The number of aromatic nitrogens is 3. The van der Waals surface area contributed by atoms with E-state index in [1.165, 1.54) is 11.8 Å². The molecule has 1 spiro atoms. The lowest BCUT2D eigenvalue weighted by Gasteiger charge is -2.39. The molecule has 0 saturated carbocycles.